The van der Waals surface area contributed by atoms with Crippen molar-refractivity contribution in [1.29, 1.82) is 0 Å². The van der Waals surface area contributed by atoms with Crippen LogP contribution in [-0.2, 0) is 0 Å². The number of rotatable bonds is 3. The van der Waals surface area contributed by atoms with Crippen molar-refractivity contribution in [2.45, 2.75) is 25.3 Å². The fourth-order valence-electron chi connectivity index (χ4n) is 1.67. The van der Waals surface area contributed by atoms with E-state index < -0.39 is 0 Å². The number of hydrogen-bond acceptors (Lipinski definition) is 2. The molecule has 1 heterocycles. The van der Waals surface area contributed by atoms with Gasteiger partial charge in [-0.2, -0.15) is 0 Å². The van der Waals surface area contributed by atoms with Crippen LogP contribution in [-0.4, -0.2) is 37.6 Å². The maximum atomic E-state index is 5.22. The van der Waals surface area contributed by atoms with E-state index in [9.17, 15) is 0 Å². The van der Waals surface area contributed by atoms with Gasteiger partial charge in [-0.3, -0.25) is 0 Å². The molecule has 0 unspecified atom stereocenters. The Morgan fingerprint density at radius 3 is 2.75 bits per heavy atom. The summed E-state index contributed by atoms with van der Waals surface area (Å²) in [7, 11) is 2.17. The molecule has 0 amide bonds. The number of nitrogens with zero attached hydrogens (tertiary/aromatic N) is 1. The van der Waals surface area contributed by atoms with Crippen LogP contribution in [0, 0.1) is 12.3 Å². The Morgan fingerprint density at radius 2 is 2.17 bits per heavy atom. The molecule has 1 aliphatic heterocycles. The monoisotopic (exact) mass is 166 g/mol. The third-order valence-electron chi connectivity index (χ3n) is 2.54. The van der Waals surface area contributed by atoms with Gasteiger partial charge in [-0.05, 0) is 33.0 Å². The van der Waals surface area contributed by atoms with Crippen molar-refractivity contribution >= 4 is 0 Å². The van der Waals surface area contributed by atoms with Gasteiger partial charge >= 0.3 is 0 Å². The molecule has 0 spiro atoms. The Morgan fingerprint density at radius 1 is 1.50 bits per heavy atom. The summed E-state index contributed by atoms with van der Waals surface area (Å²) in [6.07, 6.45) is 8.62. The van der Waals surface area contributed by atoms with E-state index in [1.54, 1.807) is 0 Å². The lowest BCUT2D eigenvalue weighted by atomic mass is 10.1. The second-order valence-corrected chi connectivity index (χ2v) is 3.42. The highest BCUT2D eigenvalue weighted by atomic mass is 15.1. The second kappa shape index (κ2) is 5.18. The minimum atomic E-state index is 0.750. The largest absolute Gasteiger partial charge is 0.317 e. The van der Waals surface area contributed by atoms with E-state index in [0.717, 1.165) is 32.1 Å². The van der Waals surface area contributed by atoms with Crippen LogP contribution >= 0.6 is 0 Å². The van der Waals surface area contributed by atoms with Gasteiger partial charge in [0, 0.05) is 19.0 Å². The van der Waals surface area contributed by atoms with Gasteiger partial charge in [0.2, 0.25) is 0 Å². The molecule has 2 nitrogen and oxygen atoms in total. The molecule has 1 saturated heterocycles. The van der Waals surface area contributed by atoms with Gasteiger partial charge in [0.05, 0.1) is 0 Å². The zero-order valence-corrected chi connectivity index (χ0v) is 7.84. The Hall–Kier alpha value is -0.520. The molecule has 0 aromatic heterocycles. The summed E-state index contributed by atoms with van der Waals surface area (Å²) in [6.45, 7) is 3.36. The summed E-state index contributed by atoms with van der Waals surface area (Å²) in [5.41, 5.74) is 0. The minimum absolute atomic E-state index is 0.750. The molecule has 0 bridgehead atoms. The van der Waals surface area contributed by atoms with Crippen molar-refractivity contribution in [3.8, 4) is 12.3 Å². The third-order valence-corrected chi connectivity index (χ3v) is 2.54. The van der Waals surface area contributed by atoms with Crippen molar-refractivity contribution in [1.82, 2.24) is 10.2 Å². The predicted octanol–water partition coefficient (Wildman–Crippen LogP) is 0.694. The van der Waals surface area contributed by atoms with E-state index in [1.807, 2.05) is 0 Å². The fraction of sp³-hybridized carbons (Fsp3) is 0.800. The Labute approximate surface area is 75.3 Å². The lowest BCUT2D eigenvalue weighted by molar-refractivity contribution is 0.203. The standard InChI is InChI=1S/C10H18N2/c1-3-4-9-12(2)10-5-7-11-8-6-10/h1,10-11H,4-9H2,2H3. The number of terminal acetylenes is 1. The van der Waals surface area contributed by atoms with E-state index in [0.29, 0.717) is 0 Å². The highest BCUT2D eigenvalue weighted by Crippen LogP contribution is 2.09. The summed E-state index contributed by atoms with van der Waals surface area (Å²) < 4.78 is 0. The molecule has 1 aliphatic rings. The highest BCUT2D eigenvalue weighted by Gasteiger charge is 2.16. The van der Waals surface area contributed by atoms with Crippen LogP contribution in [0.25, 0.3) is 0 Å². The molecule has 0 aliphatic carbocycles. The van der Waals surface area contributed by atoms with Gasteiger partial charge in [0.25, 0.3) is 0 Å². The predicted molar refractivity (Wildman–Crippen MR) is 52.0 cm³/mol. The molecule has 0 atom stereocenters. The first-order valence-electron chi connectivity index (χ1n) is 4.69. The van der Waals surface area contributed by atoms with E-state index >= 15 is 0 Å². The maximum absolute atomic E-state index is 5.22. The van der Waals surface area contributed by atoms with Crippen molar-refractivity contribution in [2.24, 2.45) is 0 Å². The molecule has 1 rings (SSSR count). The molecule has 2 heteroatoms. The molecule has 0 radical (unpaired) electrons. The quantitative estimate of drug-likeness (QED) is 0.621. The topological polar surface area (TPSA) is 15.3 Å². The van der Waals surface area contributed by atoms with Crippen molar-refractivity contribution < 1.29 is 0 Å². The van der Waals surface area contributed by atoms with Crippen LogP contribution in [0.3, 0.4) is 0 Å². The molecular formula is C10H18N2. The summed E-state index contributed by atoms with van der Waals surface area (Å²) >= 11 is 0. The van der Waals surface area contributed by atoms with Gasteiger partial charge in [0.15, 0.2) is 0 Å². The van der Waals surface area contributed by atoms with Gasteiger partial charge in [-0.1, -0.05) is 0 Å². The van der Waals surface area contributed by atoms with Crippen LogP contribution < -0.4 is 5.32 Å². The normalized spacial score (nSPS) is 19.4. The van der Waals surface area contributed by atoms with Crippen molar-refractivity contribution in [3.63, 3.8) is 0 Å². The van der Waals surface area contributed by atoms with Crippen molar-refractivity contribution in [3.05, 3.63) is 0 Å². The molecular weight excluding hydrogens is 148 g/mol. The van der Waals surface area contributed by atoms with Crippen LogP contribution in [0.15, 0.2) is 0 Å². The van der Waals surface area contributed by atoms with E-state index in [1.165, 1.54) is 12.8 Å². The van der Waals surface area contributed by atoms with Crippen LogP contribution in [0.2, 0.25) is 0 Å². The smallest absolute Gasteiger partial charge is 0.0214 e. The Bertz CT molecular complexity index is 154. The minimum Gasteiger partial charge on any atom is -0.317 e. The van der Waals surface area contributed by atoms with E-state index in [4.69, 9.17) is 6.42 Å². The molecule has 1 fully saturated rings. The first-order valence-corrected chi connectivity index (χ1v) is 4.69. The summed E-state index contributed by atoms with van der Waals surface area (Å²) in [6, 6.07) is 0.750. The number of hydrogen-bond donors (Lipinski definition) is 1. The van der Waals surface area contributed by atoms with Crippen molar-refractivity contribution in [2.75, 3.05) is 26.7 Å². The average molecular weight is 166 g/mol. The number of nitrogens with one attached hydrogen (secondary N) is 1. The van der Waals surface area contributed by atoms with Gasteiger partial charge in [-0.25, -0.2) is 0 Å². The van der Waals surface area contributed by atoms with E-state index in [2.05, 4.69) is 23.2 Å². The first kappa shape index (κ1) is 9.57. The summed E-state index contributed by atoms with van der Waals surface area (Å²) in [4.78, 5) is 2.39. The Balaban J connectivity index is 2.21. The van der Waals surface area contributed by atoms with Gasteiger partial charge in [-0.15, -0.1) is 12.3 Å². The molecule has 0 aromatic rings. The second-order valence-electron chi connectivity index (χ2n) is 3.42. The molecule has 68 valence electrons. The van der Waals surface area contributed by atoms with Gasteiger partial charge < -0.3 is 10.2 Å². The first-order chi connectivity index (χ1) is 5.84. The van der Waals surface area contributed by atoms with Gasteiger partial charge in [0.1, 0.15) is 0 Å². The third kappa shape index (κ3) is 2.84. The fourth-order valence-corrected chi connectivity index (χ4v) is 1.67. The number of piperidine rings is 1. The molecule has 0 aromatic carbocycles. The lowest BCUT2D eigenvalue weighted by Gasteiger charge is -2.31. The zero-order chi connectivity index (χ0) is 8.81. The molecule has 12 heavy (non-hydrogen) atoms. The van der Waals surface area contributed by atoms with E-state index in [-0.39, 0.29) is 0 Å². The molecule has 1 N–H and O–H groups in total. The zero-order valence-electron chi connectivity index (χ0n) is 7.84. The van der Waals surface area contributed by atoms with Crippen LogP contribution in [0.1, 0.15) is 19.3 Å². The lowest BCUT2D eigenvalue weighted by Crippen LogP contribution is -2.41. The molecule has 0 saturated carbocycles. The SMILES string of the molecule is C#CCCN(C)C1CCNCC1. The van der Waals surface area contributed by atoms with Crippen LogP contribution in [0.5, 0.6) is 0 Å². The Kier molecular flexibility index (Phi) is 4.13. The summed E-state index contributed by atoms with van der Waals surface area (Å²) in [5.74, 6) is 2.68. The summed E-state index contributed by atoms with van der Waals surface area (Å²) in [5, 5.41) is 3.36. The maximum Gasteiger partial charge on any atom is 0.0214 e. The average Bonchev–Trinajstić information content (AvgIpc) is 2.15. The van der Waals surface area contributed by atoms with Crippen LogP contribution in [0.4, 0.5) is 0 Å². The highest BCUT2D eigenvalue weighted by molar-refractivity contribution is 4.86.